The van der Waals surface area contributed by atoms with Crippen LogP contribution >= 0.6 is 0 Å². The Labute approximate surface area is 151 Å². The SMILES string of the molecule is C=C(C)C(O)Oc1ccc(C(C)c2ccc(O)cc2)cc1.CC(C)C. The second-order valence-electron chi connectivity index (χ2n) is 6.93. The summed E-state index contributed by atoms with van der Waals surface area (Å²) in [5, 5.41) is 18.9. The lowest BCUT2D eigenvalue weighted by atomic mass is 9.93. The molecular formula is C22H30O3. The molecule has 3 heteroatoms. The zero-order valence-electron chi connectivity index (χ0n) is 15.9. The molecule has 0 aliphatic carbocycles. The molecule has 0 saturated carbocycles. The first-order chi connectivity index (χ1) is 11.7. The molecule has 2 N–H and O–H groups in total. The molecule has 136 valence electrons. The highest BCUT2D eigenvalue weighted by Gasteiger charge is 2.10. The first-order valence-corrected chi connectivity index (χ1v) is 8.59. The fourth-order valence-corrected chi connectivity index (χ4v) is 2.02. The van der Waals surface area contributed by atoms with E-state index in [1.807, 2.05) is 36.4 Å². The van der Waals surface area contributed by atoms with Crippen LogP contribution in [0.4, 0.5) is 0 Å². The number of ether oxygens (including phenoxy) is 1. The van der Waals surface area contributed by atoms with Crippen LogP contribution in [0.2, 0.25) is 0 Å². The van der Waals surface area contributed by atoms with Crippen molar-refractivity contribution in [2.45, 2.75) is 46.8 Å². The molecule has 0 aliphatic heterocycles. The van der Waals surface area contributed by atoms with Gasteiger partial charge in [-0.05, 0) is 53.8 Å². The molecule has 2 rings (SSSR count). The van der Waals surface area contributed by atoms with Crippen LogP contribution in [0.3, 0.4) is 0 Å². The van der Waals surface area contributed by atoms with Crippen molar-refractivity contribution in [2.75, 3.05) is 0 Å². The minimum Gasteiger partial charge on any atom is -0.508 e. The van der Waals surface area contributed by atoms with E-state index in [1.54, 1.807) is 19.1 Å². The van der Waals surface area contributed by atoms with E-state index in [-0.39, 0.29) is 11.7 Å². The molecule has 2 atom stereocenters. The van der Waals surface area contributed by atoms with E-state index < -0.39 is 6.29 Å². The lowest BCUT2D eigenvalue weighted by Gasteiger charge is -2.16. The average molecular weight is 342 g/mol. The maximum atomic E-state index is 9.62. The van der Waals surface area contributed by atoms with Crippen LogP contribution in [-0.2, 0) is 0 Å². The molecule has 0 fully saturated rings. The van der Waals surface area contributed by atoms with Gasteiger partial charge >= 0.3 is 0 Å². The number of hydrogen-bond acceptors (Lipinski definition) is 3. The largest absolute Gasteiger partial charge is 0.508 e. The van der Waals surface area contributed by atoms with Gasteiger partial charge in [0.1, 0.15) is 11.5 Å². The van der Waals surface area contributed by atoms with Gasteiger partial charge in [0.2, 0.25) is 6.29 Å². The number of phenolic OH excluding ortho intramolecular Hbond substituents is 1. The average Bonchev–Trinajstić information content (AvgIpc) is 2.55. The lowest BCUT2D eigenvalue weighted by molar-refractivity contribution is 0.0151. The van der Waals surface area contributed by atoms with Gasteiger partial charge in [0.05, 0.1) is 0 Å². The number of aliphatic hydroxyl groups excluding tert-OH is 1. The predicted octanol–water partition coefficient (Wildman–Crippen LogP) is 5.48. The third-order valence-corrected chi connectivity index (χ3v) is 3.44. The molecule has 2 unspecified atom stereocenters. The quantitative estimate of drug-likeness (QED) is 0.559. The van der Waals surface area contributed by atoms with Gasteiger partial charge in [-0.1, -0.05) is 58.5 Å². The molecule has 0 spiro atoms. The molecule has 0 aliphatic rings. The van der Waals surface area contributed by atoms with Gasteiger partial charge in [-0.2, -0.15) is 0 Å². The Morgan fingerprint density at radius 3 is 1.68 bits per heavy atom. The Morgan fingerprint density at radius 2 is 1.28 bits per heavy atom. The zero-order valence-corrected chi connectivity index (χ0v) is 15.9. The van der Waals surface area contributed by atoms with Gasteiger partial charge in [-0.3, -0.25) is 0 Å². The van der Waals surface area contributed by atoms with Crippen molar-refractivity contribution in [1.29, 1.82) is 0 Å². The van der Waals surface area contributed by atoms with Gasteiger partial charge in [-0.25, -0.2) is 0 Å². The minimum atomic E-state index is -0.981. The van der Waals surface area contributed by atoms with E-state index in [4.69, 9.17) is 4.74 Å². The predicted molar refractivity (Wildman–Crippen MR) is 104 cm³/mol. The van der Waals surface area contributed by atoms with Gasteiger partial charge in [-0.15, -0.1) is 0 Å². The smallest absolute Gasteiger partial charge is 0.219 e. The summed E-state index contributed by atoms with van der Waals surface area (Å²) >= 11 is 0. The monoisotopic (exact) mass is 342 g/mol. The molecule has 0 radical (unpaired) electrons. The normalized spacial score (nSPS) is 12.8. The molecule has 2 aromatic carbocycles. The van der Waals surface area contributed by atoms with Crippen molar-refractivity contribution in [1.82, 2.24) is 0 Å². The summed E-state index contributed by atoms with van der Waals surface area (Å²) in [4.78, 5) is 0. The van der Waals surface area contributed by atoms with Crippen molar-refractivity contribution >= 4 is 0 Å². The third kappa shape index (κ3) is 7.44. The fraction of sp³-hybridized carbons (Fsp3) is 0.364. The number of benzene rings is 2. The van der Waals surface area contributed by atoms with E-state index in [0.717, 1.165) is 17.0 Å². The molecular weight excluding hydrogens is 312 g/mol. The first-order valence-electron chi connectivity index (χ1n) is 8.59. The Balaban J connectivity index is 0.000000705. The Morgan fingerprint density at radius 1 is 0.880 bits per heavy atom. The molecule has 0 heterocycles. The summed E-state index contributed by atoms with van der Waals surface area (Å²) < 4.78 is 5.35. The molecule has 0 amide bonds. The van der Waals surface area contributed by atoms with Crippen LogP contribution in [-0.4, -0.2) is 16.5 Å². The summed E-state index contributed by atoms with van der Waals surface area (Å²) in [6.45, 7) is 14.0. The summed E-state index contributed by atoms with van der Waals surface area (Å²) in [5.41, 5.74) is 2.83. The Hall–Kier alpha value is -2.26. The lowest BCUT2D eigenvalue weighted by Crippen LogP contribution is -2.15. The number of phenols is 1. The van der Waals surface area contributed by atoms with Crippen LogP contribution in [0, 0.1) is 5.92 Å². The summed E-state index contributed by atoms with van der Waals surface area (Å²) in [7, 11) is 0. The van der Waals surface area contributed by atoms with E-state index >= 15 is 0 Å². The number of hydrogen-bond donors (Lipinski definition) is 2. The third-order valence-electron chi connectivity index (χ3n) is 3.44. The van der Waals surface area contributed by atoms with Crippen molar-refractivity contribution in [3.8, 4) is 11.5 Å². The van der Waals surface area contributed by atoms with Crippen molar-refractivity contribution in [3.63, 3.8) is 0 Å². The van der Waals surface area contributed by atoms with Gasteiger partial charge in [0, 0.05) is 5.92 Å². The topological polar surface area (TPSA) is 49.7 Å². The highest BCUT2D eigenvalue weighted by molar-refractivity contribution is 5.37. The first kappa shape index (κ1) is 20.8. The summed E-state index contributed by atoms with van der Waals surface area (Å²) in [6.07, 6.45) is -0.981. The molecule has 3 nitrogen and oxygen atoms in total. The standard InChI is InChI=1S/C18H20O3.C4H10/c1-12(2)18(20)21-17-10-6-15(7-11-17)13(3)14-4-8-16(19)9-5-14;1-4(2)3/h4-11,13,18-20H,1H2,2-3H3;4H,1-3H3. The van der Waals surface area contributed by atoms with E-state index in [9.17, 15) is 10.2 Å². The van der Waals surface area contributed by atoms with Gasteiger partial charge in [0.25, 0.3) is 0 Å². The fourth-order valence-electron chi connectivity index (χ4n) is 2.02. The number of rotatable bonds is 5. The van der Waals surface area contributed by atoms with E-state index in [0.29, 0.717) is 11.3 Å². The molecule has 0 bridgehead atoms. The zero-order chi connectivity index (χ0) is 19.0. The van der Waals surface area contributed by atoms with Crippen LogP contribution in [0.25, 0.3) is 0 Å². The molecule has 0 aromatic heterocycles. The number of aromatic hydroxyl groups is 1. The Bertz CT molecular complexity index is 639. The van der Waals surface area contributed by atoms with Crippen LogP contribution in [0.15, 0.2) is 60.7 Å². The summed E-state index contributed by atoms with van der Waals surface area (Å²) in [5.74, 6) is 1.92. The van der Waals surface area contributed by atoms with Crippen LogP contribution in [0.1, 0.15) is 51.7 Å². The molecule has 0 saturated heterocycles. The maximum Gasteiger partial charge on any atom is 0.219 e. The minimum absolute atomic E-state index is 0.214. The van der Waals surface area contributed by atoms with Gasteiger partial charge in [0.15, 0.2) is 0 Å². The summed E-state index contributed by atoms with van der Waals surface area (Å²) in [6, 6.07) is 14.8. The van der Waals surface area contributed by atoms with Gasteiger partial charge < -0.3 is 14.9 Å². The van der Waals surface area contributed by atoms with E-state index in [2.05, 4.69) is 34.3 Å². The number of aliphatic hydroxyl groups is 1. The second kappa shape index (κ2) is 9.90. The molecule has 25 heavy (non-hydrogen) atoms. The van der Waals surface area contributed by atoms with Crippen molar-refractivity contribution in [3.05, 3.63) is 71.8 Å². The Kier molecular flexibility index (Phi) is 8.23. The maximum absolute atomic E-state index is 9.62. The van der Waals surface area contributed by atoms with Crippen molar-refractivity contribution < 1.29 is 14.9 Å². The highest BCUT2D eigenvalue weighted by Crippen LogP contribution is 2.27. The highest BCUT2D eigenvalue weighted by atomic mass is 16.6. The van der Waals surface area contributed by atoms with E-state index in [1.165, 1.54) is 0 Å². The second-order valence-corrected chi connectivity index (χ2v) is 6.93. The molecule has 2 aromatic rings. The van der Waals surface area contributed by atoms with Crippen LogP contribution < -0.4 is 4.74 Å². The van der Waals surface area contributed by atoms with Crippen LogP contribution in [0.5, 0.6) is 11.5 Å². The van der Waals surface area contributed by atoms with Crippen molar-refractivity contribution in [2.24, 2.45) is 5.92 Å².